The molecule has 2 heterocycles. The Balaban J connectivity index is 1.72. The molecule has 5 heteroatoms. The minimum absolute atomic E-state index is 0.131. The van der Waals surface area contributed by atoms with Crippen LogP contribution in [0.5, 0.6) is 0 Å². The molecular formula is C18H21FN2O2. The molecule has 1 atom stereocenters. The number of rotatable bonds is 5. The number of pyridine rings is 1. The van der Waals surface area contributed by atoms with Gasteiger partial charge in [-0.25, -0.2) is 4.39 Å². The van der Waals surface area contributed by atoms with Crippen LogP contribution in [0.25, 0.3) is 0 Å². The predicted molar refractivity (Wildman–Crippen MR) is 85.4 cm³/mol. The summed E-state index contributed by atoms with van der Waals surface area (Å²) < 4.78 is 19.8. The second kappa shape index (κ2) is 7.17. The summed E-state index contributed by atoms with van der Waals surface area (Å²) in [5.41, 5.74) is 0.986. The van der Waals surface area contributed by atoms with E-state index in [0.29, 0.717) is 25.1 Å². The lowest BCUT2D eigenvalue weighted by molar-refractivity contribution is -0.134. The van der Waals surface area contributed by atoms with E-state index in [2.05, 4.69) is 9.88 Å². The Bertz CT molecular complexity index is 638. The Kier molecular flexibility index (Phi) is 5.00. The molecule has 1 aromatic carbocycles. The Morgan fingerprint density at radius 2 is 2.00 bits per heavy atom. The molecule has 3 rings (SSSR count). The summed E-state index contributed by atoms with van der Waals surface area (Å²) in [7, 11) is 0. The van der Waals surface area contributed by atoms with Crippen molar-refractivity contribution in [2.45, 2.75) is 18.6 Å². The van der Waals surface area contributed by atoms with E-state index < -0.39 is 5.60 Å². The van der Waals surface area contributed by atoms with Crippen molar-refractivity contribution in [3.63, 3.8) is 0 Å². The summed E-state index contributed by atoms with van der Waals surface area (Å²) in [5, 5.41) is 9.89. The van der Waals surface area contributed by atoms with Crippen LogP contribution in [0.1, 0.15) is 11.1 Å². The Morgan fingerprint density at radius 1 is 1.22 bits per heavy atom. The summed E-state index contributed by atoms with van der Waals surface area (Å²) in [5.74, 6) is -0.254. The standard InChI is InChI=1S/C18H21FN2O2/c19-17-4-2-1-3-16(17)11-18(14-22)13-21(9-10-23-18)12-15-5-7-20-8-6-15/h1-8,22H,9-14H2/t18-/m1/s1. The lowest BCUT2D eigenvalue weighted by Gasteiger charge is -2.42. The van der Waals surface area contributed by atoms with Crippen molar-refractivity contribution in [1.82, 2.24) is 9.88 Å². The topological polar surface area (TPSA) is 45.6 Å². The molecule has 1 aliphatic heterocycles. The smallest absolute Gasteiger partial charge is 0.126 e. The van der Waals surface area contributed by atoms with Crippen molar-refractivity contribution >= 4 is 0 Å². The van der Waals surface area contributed by atoms with Crippen molar-refractivity contribution in [3.8, 4) is 0 Å². The fourth-order valence-electron chi connectivity index (χ4n) is 3.05. The highest BCUT2D eigenvalue weighted by Gasteiger charge is 2.37. The molecule has 2 aromatic rings. The minimum atomic E-state index is -0.756. The summed E-state index contributed by atoms with van der Waals surface area (Å²) in [6, 6.07) is 10.6. The summed E-state index contributed by atoms with van der Waals surface area (Å²) >= 11 is 0. The Labute approximate surface area is 135 Å². The first-order valence-electron chi connectivity index (χ1n) is 7.80. The molecule has 0 radical (unpaired) electrons. The highest BCUT2D eigenvalue weighted by Crippen LogP contribution is 2.25. The average molecular weight is 316 g/mol. The molecule has 1 fully saturated rings. The largest absolute Gasteiger partial charge is 0.393 e. The minimum Gasteiger partial charge on any atom is -0.393 e. The molecular weight excluding hydrogens is 295 g/mol. The van der Waals surface area contributed by atoms with Crippen molar-refractivity contribution < 1.29 is 14.2 Å². The molecule has 0 spiro atoms. The van der Waals surface area contributed by atoms with E-state index in [1.54, 1.807) is 30.6 Å². The number of nitrogens with zero attached hydrogens (tertiary/aromatic N) is 2. The van der Waals surface area contributed by atoms with Gasteiger partial charge in [-0.1, -0.05) is 18.2 Å². The van der Waals surface area contributed by atoms with E-state index >= 15 is 0 Å². The number of benzene rings is 1. The fourth-order valence-corrected chi connectivity index (χ4v) is 3.05. The van der Waals surface area contributed by atoms with Crippen LogP contribution in [-0.2, 0) is 17.7 Å². The SMILES string of the molecule is OC[C@@]1(Cc2ccccc2F)CN(Cc2ccncc2)CCO1. The van der Waals surface area contributed by atoms with Gasteiger partial charge in [0.1, 0.15) is 11.4 Å². The van der Waals surface area contributed by atoms with Crippen LogP contribution in [0.2, 0.25) is 0 Å². The van der Waals surface area contributed by atoms with Crippen molar-refractivity contribution in [2.75, 3.05) is 26.3 Å². The summed E-state index contributed by atoms with van der Waals surface area (Å²) in [4.78, 5) is 6.26. The predicted octanol–water partition coefficient (Wildman–Crippen LogP) is 2.03. The zero-order valence-corrected chi connectivity index (χ0v) is 13.0. The molecule has 1 saturated heterocycles. The first kappa shape index (κ1) is 16.1. The van der Waals surface area contributed by atoms with E-state index in [9.17, 15) is 9.50 Å². The summed E-state index contributed by atoms with van der Waals surface area (Å²) in [6.07, 6.45) is 3.91. The molecule has 0 saturated carbocycles. The van der Waals surface area contributed by atoms with Gasteiger partial charge < -0.3 is 9.84 Å². The van der Waals surface area contributed by atoms with Crippen LogP contribution in [0.15, 0.2) is 48.8 Å². The third-order valence-electron chi connectivity index (χ3n) is 4.24. The van der Waals surface area contributed by atoms with Crippen molar-refractivity contribution in [2.24, 2.45) is 0 Å². The van der Waals surface area contributed by atoms with Crippen molar-refractivity contribution in [3.05, 3.63) is 65.7 Å². The van der Waals surface area contributed by atoms with Crippen LogP contribution >= 0.6 is 0 Å². The highest BCUT2D eigenvalue weighted by molar-refractivity contribution is 5.20. The molecule has 0 unspecified atom stereocenters. The maximum Gasteiger partial charge on any atom is 0.126 e. The first-order valence-corrected chi connectivity index (χ1v) is 7.80. The van der Waals surface area contributed by atoms with Crippen molar-refractivity contribution in [1.29, 1.82) is 0 Å². The van der Waals surface area contributed by atoms with Crippen LogP contribution in [-0.4, -0.2) is 46.9 Å². The maximum atomic E-state index is 13.9. The zero-order chi connectivity index (χ0) is 16.1. The lowest BCUT2D eigenvalue weighted by Crippen LogP contribution is -2.55. The van der Waals surface area contributed by atoms with E-state index in [0.717, 1.165) is 13.1 Å². The zero-order valence-electron chi connectivity index (χ0n) is 13.0. The van der Waals surface area contributed by atoms with Gasteiger partial charge in [0.2, 0.25) is 0 Å². The van der Waals surface area contributed by atoms with Crippen LogP contribution in [0.4, 0.5) is 4.39 Å². The van der Waals surface area contributed by atoms with Gasteiger partial charge in [-0.2, -0.15) is 0 Å². The molecule has 4 nitrogen and oxygen atoms in total. The molecule has 0 aliphatic carbocycles. The number of hydrogen-bond acceptors (Lipinski definition) is 4. The third-order valence-corrected chi connectivity index (χ3v) is 4.24. The number of hydrogen-bond donors (Lipinski definition) is 1. The molecule has 122 valence electrons. The van der Waals surface area contributed by atoms with Crippen LogP contribution in [0.3, 0.4) is 0 Å². The molecule has 1 aromatic heterocycles. The van der Waals surface area contributed by atoms with E-state index in [4.69, 9.17) is 4.74 Å². The van der Waals surface area contributed by atoms with Gasteiger partial charge in [0, 0.05) is 38.4 Å². The van der Waals surface area contributed by atoms with Gasteiger partial charge in [0.05, 0.1) is 13.2 Å². The molecule has 0 bridgehead atoms. The van der Waals surface area contributed by atoms with Gasteiger partial charge in [-0.05, 0) is 29.3 Å². The molecule has 1 N–H and O–H groups in total. The number of aliphatic hydroxyl groups is 1. The van der Waals surface area contributed by atoms with Gasteiger partial charge in [-0.3, -0.25) is 9.88 Å². The number of morpholine rings is 1. The number of aliphatic hydroxyl groups excluding tert-OH is 1. The van der Waals surface area contributed by atoms with Crippen LogP contribution < -0.4 is 0 Å². The third kappa shape index (κ3) is 3.93. The van der Waals surface area contributed by atoms with E-state index in [1.165, 1.54) is 11.6 Å². The van der Waals surface area contributed by atoms with Gasteiger partial charge >= 0.3 is 0 Å². The summed E-state index contributed by atoms with van der Waals surface area (Å²) in [6.45, 7) is 2.53. The lowest BCUT2D eigenvalue weighted by atomic mass is 9.92. The van der Waals surface area contributed by atoms with Crippen LogP contribution in [0, 0.1) is 5.82 Å². The molecule has 0 amide bonds. The number of halogens is 1. The monoisotopic (exact) mass is 316 g/mol. The molecule has 1 aliphatic rings. The van der Waals surface area contributed by atoms with E-state index in [-0.39, 0.29) is 12.4 Å². The molecule has 23 heavy (non-hydrogen) atoms. The Morgan fingerprint density at radius 3 is 2.74 bits per heavy atom. The second-order valence-corrected chi connectivity index (χ2v) is 6.02. The van der Waals surface area contributed by atoms with Gasteiger partial charge in [0.15, 0.2) is 0 Å². The normalized spacial score (nSPS) is 22.2. The second-order valence-electron chi connectivity index (χ2n) is 6.02. The number of ether oxygens (including phenoxy) is 1. The first-order chi connectivity index (χ1) is 11.2. The van der Waals surface area contributed by atoms with Gasteiger partial charge in [-0.15, -0.1) is 0 Å². The number of aromatic nitrogens is 1. The van der Waals surface area contributed by atoms with E-state index in [1.807, 2.05) is 12.1 Å². The quantitative estimate of drug-likeness (QED) is 0.917. The fraction of sp³-hybridized carbons (Fsp3) is 0.389. The highest BCUT2D eigenvalue weighted by atomic mass is 19.1. The van der Waals surface area contributed by atoms with Gasteiger partial charge in [0.25, 0.3) is 0 Å². The average Bonchev–Trinajstić information content (AvgIpc) is 2.58. The maximum absolute atomic E-state index is 13.9. The Hall–Kier alpha value is -1.82.